The molecular formula is C3H2N2OSSe. The first-order chi connectivity index (χ1) is 3.70. The number of carbonyl (C=O) groups excluding carboxylic acids is 1. The Bertz CT molecular complexity index is 160. The first-order valence-corrected chi connectivity index (χ1v) is 3.49. The molecule has 0 atom stereocenters. The summed E-state index contributed by atoms with van der Waals surface area (Å²) in [5, 5.41) is 9.38. The number of nitrogens with one attached hydrogen (secondary N) is 2. The summed E-state index contributed by atoms with van der Waals surface area (Å²) >= 11 is 3.72. The summed E-state index contributed by atoms with van der Waals surface area (Å²) in [6.45, 7) is 0. The predicted molar refractivity (Wildman–Crippen MR) is 34.2 cm³/mol. The van der Waals surface area contributed by atoms with Crippen LogP contribution in [-0.4, -0.2) is 30.4 Å². The average molecular weight is 193 g/mol. The topological polar surface area (TPSA) is 53.0 Å². The number of carbonyl (C=O) groups is 1. The van der Waals surface area contributed by atoms with Gasteiger partial charge in [-0.3, -0.25) is 0 Å². The van der Waals surface area contributed by atoms with Crippen molar-refractivity contribution in [2.24, 2.45) is 0 Å². The molecule has 0 bridgehead atoms. The molecule has 3 nitrogen and oxygen atoms in total. The van der Waals surface area contributed by atoms with Crippen LogP contribution in [0.1, 0.15) is 0 Å². The third-order valence-corrected chi connectivity index (χ3v) is 2.03. The summed E-state index contributed by atoms with van der Waals surface area (Å²) in [6.07, 6.45) is 0. The van der Waals surface area contributed by atoms with Crippen LogP contribution in [0.15, 0.2) is 0 Å². The van der Waals surface area contributed by atoms with Crippen molar-refractivity contribution in [1.29, 1.82) is 5.41 Å². The van der Waals surface area contributed by atoms with E-state index in [1.807, 2.05) is 0 Å². The standard InChI is InChI=1S/C3H2N2OSSe/c4-1-2(6)5-3(8)7-1/h4H,(H,5,6,8). The van der Waals surface area contributed by atoms with Crippen molar-refractivity contribution in [1.82, 2.24) is 5.32 Å². The Kier molecular flexibility index (Phi) is 1.51. The molecule has 0 aromatic heterocycles. The molecule has 0 unspecified atom stereocenters. The van der Waals surface area contributed by atoms with E-state index in [9.17, 15) is 4.79 Å². The molecule has 1 aliphatic rings. The summed E-state index contributed by atoms with van der Waals surface area (Å²) in [7, 11) is 0. The Hall–Kier alpha value is -0.121. The third-order valence-electron chi connectivity index (χ3n) is 0.617. The second-order valence-corrected chi connectivity index (χ2v) is 3.63. The van der Waals surface area contributed by atoms with Gasteiger partial charge in [-0.15, -0.1) is 0 Å². The molecule has 1 aliphatic heterocycles. The number of thioether (sulfide) groups is 1. The summed E-state index contributed by atoms with van der Waals surface area (Å²) in [4.78, 5) is 10.4. The zero-order chi connectivity index (χ0) is 6.15. The van der Waals surface area contributed by atoms with Gasteiger partial charge in [-0.05, 0) is 0 Å². The van der Waals surface area contributed by atoms with Crippen LogP contribution in [0.25, 0.3) is 0 Å². The van der Waals surface area contributed by atoms with Gasteiger partial charge in [0.1, 0.15) is 0 Å². The fourth-order valence-electron chi connectivity index (χ4n) is 0.314. The van der Waals surface area contributed by atoms with Crippen molar-refractivity contribution in [3.8, 4) is 0 Å². The van der Waals surface area contributed by atoms with Crippen molar-refractivity contribution >= 4 is 42.2 Å². The second-order valence-electron chi connectivity index (χ2n) is 1.17. The van der Waals surface area contributed by atoms with Gasteiger partial charge in [0.05, 0.1) is 0 Å². The average Bonchev–Trinajstić information content (AvgIpc) is 1.85. The normalized spacial score (nSPS) is 19.2. The van der Waals surface area contributed by atoms with Gasteiger partial charge in [-0.25, -0.2) is 0 Å². The quantitative estimate of drug-likeness (QED) is 0.489. The molecule has 0 aliphatic carbocycles. The van der Waals surface area contributed by atoms with Crippen molar-refractivity contribution < 1.29 is 4.79 Å². The van der Waals surface area contributed by atoms with Gasteiger partial charge in [0.15, 0.2) is 0 Å². The van der Waals surface area contributed by atoms with Gasteiger partial charge in [0.25, 0.3) is 0 Å². The van der Waals surface area contributed by atoms with Gasteiger partial charge >= 0.3 is 57.7 Å². The van der Waals surface area contributed by atoms with Crippen molar-refractivity contribution in [3.05, 3.63) is 0 Å². The van der Waals surface area contributed by atoms with Gasteiger partial charge < -0.3 is 0 Å². The van der Waals surface area contributed by atoms with Crippen molar-refractivity contribution in [3.63, 3.8) is 0 Å². The molecule has 1 rings (SSSR count). The Morgan fingerprint density at radius 2 is 2.38 bits per heavy atom. The molecule has 0 aromatic rings. The molecule has 1 fully saturated rings. The summed E-state index contributed by atoms with van der Waals surface area (Å²) in [5.41, 5.74) is 0. The van der Waals surface area contributed by atoms with E-state index in [4.69, 9.17) is 5.41 Å². The van der Waals surface area contributed by atoms with E-state index in [1.165, 1.54) is 0 Å². The summed E-state index contributed by atoms with van der Waals surface area (Å²) < 4.78 is 0.667. The SMILES string of the molecule is N=C1SC(=[Se])NC1=O. The van der Waals surface area contributed by atoms with Crippen LogP contribution in [-0.2, 0) is 4.79 Å². The van der Waals surface area contributed by atoms with E-state index >= 15 is 0 Å². The monoisotopic (exact) mass is 194 g/mol. The predicted octanol–water partition coefficient (Wildman–Crippen LogP) is -0.917. The van der Waals surface area contributed by atoms with Gasteiger partial charge in [0.2, 0.25) is 0 Å². The van der Waals surface area contributed by atoms with Crippen LogP contribution < -0.4 is 5.32 Å². The minimum absolute atomic E-state index is 0.0544. The molecule has 1 saturated heterocycles. The first kappa shape index (κ1) is 6.01. The Morgan fingerprint density at radius 3 is 2.50 bits per heavy atom. The molecule has 8 heavy (non-hydrogen) atoms. The van der Waals surface area contributed by atoms with E-state index in [-0.39, 0.29) is 11.0 Å². The number of hydrogen-bond acceptors (Lipinski definition) is 3. The summed E-state index contributed by atoms with van der Waals surface area (Å²) in [5.74, 6) is -0.316. The fraction of sp³-hybridized carbons (Fsp3) is 0. The van der Waals surface area contributed by atoms with Crippen LogP contribution in [0.5, 0.6) is 0 Å². The van der Waals surface area contributed by atoms with Crippen LogP contribution >= 0.6 is 11.8 Å². The van der Waals surface area contributed by atoms with Crippen LogP contribution in [0.4, 0.5) is 0 Å². The van der Waals surface area contributed by atoms with Crippen molar-refractivity contribution in [2.45, 2.75) is 0 Å². The van der Waals surface area contributed by atoms with Gasteiger partial charge in [-0.2, -0.15) is 0 Å². The molecule has 0 aromatic carbocycles. The molecule has 1 heterocycles. The van der Waals surface area contributed by atoms with Crippen LogP contribution in [0.2, 0.25) is 0 Å². The number of rotatable bonds is 0. The fourth-order valence-corrected chi connectivity index (χ4v) is 1.51. The maximum absolute atomic E-state index is 10.4. The van der Waals surface area contributed by atoms with Crippen LogP contribution in [0, 0.1) is 5.41 Å². The van der Waals surface area contributed by atoms with Crippen molar-refractivity contribution in [2.75, 3.05) is 0 Å². The van der Waals surface area contributed by atoms with E-state index in [2.05, 4.69) is 20.9 Å². The van der Waals surface area contributed by atoms with Crippen LogP contribution in [0.3, 0.4) is 0 Å². The molecule has 2 N–H and O–H groups in total. The molecule has 42 valence electrons. The van der Waals surface area contributed by atoms with E-state index < -0.39 is 0 Å². The zero-order valence-electron chi connectivity index (χ0n) is 3.72. The molecule has 0 radical (unpaired) electrons. The molecule has 0 spiro atoms. The Morgan fingerprint density at radius 1 is 1.75 bits per heavy atom. The van der Waals surface area contributed by atoms with Gasteiger partial charge in [-0.1, -0.05) is 0 Å². The minimum atomic E-state index is -0.316. The Balaban J connectivity index is 2.79. The zero-order valence-corrected chi connectivity index (χ0v) is 6.25. The van der Waals surface area contributed by atoms with Gasteiger partial charge in [0, 0.05) is 0 Å². The maximum atomic E-state index is 10.4. The first-order valence-electron chi connectivity index (χ1n) is 1.82. The number of amides is 1. The number of hydrogen-bond donors (Lipinski definition) is 2. The third kappa shape index (κ3) is 0.992. The molecule has 1 amide bonds. The van der Waals surface area contributed by atoms with E-state index in [0.717, 1.165) is 11.8 Å². The molecule has 0 saturated carbocycles. The molecular weight excluding hydrogens is 191 g/mol. The van der Waals surface area contributed by atoms with E-state index in [0.29, 0.717) is 3.87 Å². The Labute approximate surface area is 58.1 Å². The van der Waals surface area contributed by atoms with E-state index in [1.54, 1.807) is 0 Å². The molecule has 5 heteroatoms. The summed E-state index contributed by atoms with van der Waals surface area (Å²) in [6, 6.07) is 0. The second kappa shape index (κ2) is 2.01.